The fourth-order valence-electron chi connectivity index (χ4n) is 2.55. The summed E-state index contributed by atoms with van der Waals surface area (Å²) in [7, 11) is 0. The molecule has 1 amide bonds. The average molecular weight is 386 g/mol. The molecule has 0 saturated heterocycles. The lowest BCUT2D eigenvalue weighted by Crippen LogP contribution is -2.34. The summed E-state index contributed by atoms with van der Waals surface area (Å²) in [5.41, 5.74) is 1.21. The molecule has 0 radical (unpaired) electrons. The number of fused-ring (bicyclic) bond motifs is 1. The van der Waals surface area contributed by atoms with Gasteiger partial charge in [-0.1, -0.05) is 19.8 Å². The van der Waals surface area contributed by atoms with Crippen molar-refractivity contribution < 1.29 is 19.0 Å². The van der Waals surface area contributed by atoms with Crippen LogP contribution in [0.25, 0.3) is 0 Å². The van der Waals surface area contributed by atoms with Crippen LogP contribution in [0.4, 0.5) is 5.69 Å². The molecule has 142 valence electrons. The van der Waals surface area contributed by atoms with Gasteiger partial charge in [0.05, 0.1) is 6.61 Å². The van der Waals surface area contributed by atoms with Gasteiger partial charge in [-0.3, -0.25) is 10.1 Å². The summed E-state index contributed by atoms with van der Waals surface area (Å²) in [4.78, 5) is 12.3. The summed E-state index contributed by atoms with van der Waals surface area (Å²) in [6.07, 6.45) is 3.38. The first-order chi connectivity index (χ1) is 13.2. The van der Waals surface area contributed by atoms with Crippen LogP contribution in [0.3, 0.4) is 0 Å². The van der Waals surface area contributed by atoms with Crippen molar-refractivity contribution in [1.82, 2.24) is 5.32 Å². The maximum Gasteiger partial charge on any atom is 0.257 e. The van der Waals surface area contributed by atoms with E-state index < -0.39 is 0 Å². The number of anilines is 1. The molecule has 0 aromatic heterocycles. The molecule has 0 atom stereocenters. The number of unbranched alkanes of at least 4 members (excludes halogenated alkanes) is 2. The summed E-state index contributed by atoms with van der Waals surface area (Å²) in [6, 6.07) is 12.4. The van der Waals surface area contributed by atoms with Crippen molar-refractivity contribution in [2.75, 3.05) is 18.7 Å². The Morgan fingerprint density at radius 2 is 1.89 bits per heavy atom. The number of thiocarbonyl (C=S) groups is 1. The lowest BCUT2D eigenvalue weighted by atomic mass is 10.2. The fourth-order valence-corrected chi connectivity index (χ4v) is 2.76. The predicted octanol–water partition coefficient (Wildman–Crippen LogP) is 4.11. The SMILES string of the molecule is CCCCCOc1ccc(NC(=S)NC(=O)c2ccc3c(c2)OCO3)cc1. The molecule has 27 heavy (non-hydrogen) atoms. The van der Waals surface area contributed by atoms with E-state index in [1.54, 1.807) is 18.2 Å². The molecule has 1 aliphatic rings. The second-order valence-electron chi connectivity index (χ2n) is 6.06. The first kappa shape index (κ1) is 19.0. The van der Waals surface area contributed by atoms with Crippen LogP contribution >= 0.6 is 12.2 Å². The third-order valence-corrected chi connectivity index (χ3v) is 4.19. The summed E-state index contributed by atoms with van der Waals surface area (Å²) >= 11 is 5.21. The quantitative estimate of drug-likeness (QED) is 0.551. The molecule has 3 rings (SSSR count). The molecule has 0 bridgehead atoms. The minimum atomic E-state index is -0.318. The van der Waals surface area contributed by atoms with Gasteiger partial charge in [0.2, 0.25) is 6.79 Å². The number of benzene rings is 2. The number of amides is 1. The molecule has 2 aromatic carbocycles. The van der Waals surface area contributed by atoms with E-state index in [0.717, 1.165) is 24.3 Å². The molecular formula is C20H22N2O4S. The van der Waals surface area contributed by atoms with Crippen molar-refractivity contribution in [2.24, 2.45) is 0 Å². The van der Waals surface area contributed by atoms with Gasteiger partial charge in [-0.25, -0.2) is 0 Å². The van der Waals surface area contributed by atoms with E-state index in [1.807, 2.05) is 24.3 Å². The van der Waals surface area contributed by atoms with Crippen molar-refractivity contribution in [3.05, 3.63) is 48.0 Å². The molecule has 7 heteroatoms. The fraction of sp³-hybridized carbons (Fsp3) is 0.300. The van der Waals surface area contributed by atoms with Gasteiger partial charge < -0.3 is 19.5 Å². The zero-order chi connectivity index (χ0) is 19.1. The Bertz CT molecular complexity index is 808. The lowest BCUT2D eigenvalue weighted by Gasteiger charge is -2.11. The summed E-state index contributed by atoms with van der Waals surface area (Å²) in [5.74, 6) is 1.67. The minimum Gasteiger partial charge on any atom is -0.494 e. The second kappa shape index (κ2) is 9.23. The monoisotopic (exact) mass is 386 g/mol. The third kappa shape index (κ3) is 5.34. The Balaban J connectivity index is 1.49. The highest BCUT2D eigenvalue weighted by Crippen LogP contribution is 2.32. The van der Waals surface area contributed by atoms with Gasteiger partial charge >= 0.3 is 0 Å². The Hall–Kier alpha value is -2.80. The van der Waals surface area contributed by atoms with Gasteiger partial charge in [0.15, 0.2) is 16.6 Å². The summed E-state index contributed by atoms with van der Waals surface area (Å²) < 4.78 is 16.2. The average Bonchev–Trinajstić information content (AvgIpc) is 3.14. The van der Waals surface area contributed by atoms with E-state index in [1.165, 1.54) is 6.42 Å². The lowest BCUT2D eigenvalue weighted by molar-refractivity contribution is 0.0977. The molecule has 0 fully saturated rings. The van der Waals surface area contributed by atoms with E-state index in [0.29, 0.717) is 23.7 Å². The van der Waals surface area contributed by atoms with Crippen LogP contribution in [0.15, 0.2) is 42.5 Å². The van der Waals surface area contributed by atoms with Gasteiger partial charge in [0, 0.05) is 11.3 Å². The van der Waals surface area contributed by atoms with Crippen LogP contribution in [-0.2, 0) is 0 Å². The van der Waals surface area contributed by atoms with E-state index in [4.69, 9.17) is 26.4 Å². The topological polar surface area (TPSA) is 68.8 Å². The highest BCUT2D eigenvalue weighted by Gasteiger charge is 2.16. The molecule has 0 aliphatic carbocycles. The van der Waals surface area contributed by atoms with E-state index in [9.17, 15) is 4.79 Å². The van der Waals surface area contributed by atoms with Crippen molar-refractivity contribution in [2.45, 2.75) is 26.2 Å². The number of nitrogens with one attached hydrogen (secondary N) is 2. The van der Waals surface area contributed by atoms with Crippen LogP contribution in [0.2, 0.25) is 0 Å². The van der Waals surface area contributed by atoms with E-state index in [2.05, 4.69) is 17.6 Å². The van der Waals surface area contributed by atoms with Crippen LogP contribution < -0.4 is 24.8 Å². The summed E-state index contributed by atoms with van der Waals surface area (Å²) in [5, 5.41) is 5.86. The minimum absolute atomic E-state index is 0.165. The largest absolute Gasteiger partial charge is 0.494 e. The number of rotatable bonds is 7. The van der Waals surface area contributed by atoms with Crippen molar-refractivity contribution in [1.29, 1.82) is 0 Å². The highest BCUT2D eigenvalue weighted by molar-refractivity contribution is 7.80. The highest BCUT2D eigenvalue weighted by atomic mass is 32.1. The molecule has 0 spiro atoms. The molecule has 2 N–H and O–H groups in total. The van der Waals surface area contributed by atoms with Crippen LogP contribution in [-0.4, -0.2) is 24.4 Å². The normalized spacial score (nSPS) is 11.7. The van der Waals surface area contributed by atoms with Gasteiger partial charge in [0.25, 0.3) is 5.91 Å². The molecule has 1 heterocycles. The second-order valence-corrected chi connectivity index (χ2v) is 6.46. The van der Waals surface area contributed by atoms with Crippen molar-refractivity contribution in [3.8, 4) is 17.2 Å². The Kier molecular flexibility index (Phi) is 6.49. The van der Waals surface area contributed by atoms with Crippen molar-refractivity contribution in [3.63, 3.8) is 0 Å². The molecule has 6 nitrogen and oxygen atoms in total. The van der Waals surface area contributed by atoms with E-state index >= 15 is 0 Å². The standard InChI is InChI=1S/C20H22N2O4S/c1-2-3-4-11-24-16-8-6-15(7-9-16)21-20(27)22-19(23)14-5-10-17-18(12-14)26-13-25-17/h5-10,12H,2-4,11,13H2,1H3,(H2,21,22,23,27). The third-order valence-electron chi connectivity index (χ3n) is 3.99. The first-order valence-electron chi connectivity index (χ1n) is 8.90. The van der Waals surface area contributed by atoms with Crippen LogP contribution in [0, 0.1) is 0 Å². The molecule has 2 aromatic rings. The molecule has 1 aliphatic heterocycles. The van der Waals surface area contributed by atoms with Gasteiger partial charge in [-0.05, 0) is 61.1 Å². The molecular weight excluding hydrogens is 364 g/mol. The Labute approximate surface area is 163 Å². The maximum absolute atomic E-state index is 12.3. The van der Waals surface area contributed by atoms with Crippen LogP contribution in [0.1, 0.15) is 36.5 Å². The Morgan fingerprint density at radius 3 is 2.67 bits per heavy atom. The van der Waals surface area contributed by atoms with Gasteiger partial charge in [0.1, 0.15) is 5.75 Å². The number of carbonyl (C=O) groups excluding carboxylic acids is 1. The van der Waals surface area contributed by atoms with Gasteiger partial charge in [-0.2, -0.15) is 0 Å². The zero-order valence-corrected chi connectivity index (χ0v) is 15.9. The predicted molar refractivity (Wildman–Crippen MR) is 108 cm³/mol. The zero-order valence-electron chi connectivity index (χ0n) is 15.1. The van der Waals surface area contributed by atoms with Crippen LogP contribution in [0.5, 0.6) is 17.2 Å². The first-order valence-corrected chi connectivity index (χ1v) is 9.31. The maximum atomic E-state index is 12.3. The van der Waals surface area contributed by atoms with Crippen molar-refractivity contribution >= 4 is 28.9 Å². The number of carbonyl (C=O) groups is 1. The smallest absolute Gasteiger partial charge is 0.257 e. The Morgan fingerprint density at radius 1 is 1.11 bits per heavy atom. The molecule has 0 unspecified atom stereocenters. The number of hydrogen-bond acceptors (Lipinski definition) is 5. The molecule has 0 saturated carbocycles. The number of hydrogen-bond donors (Lipinski definition) is 2. The summed E-state index contributed by atoms with van der Waals surface area (Å²) in [6.45, 7) is 3.04. The number of ether oxygens (including phenoxy) is 3. The van der Waals surface area contributed by atoms with E-state index in [-0.39, 0.29) is 17.8 Å². The van der Waals surface area contributed by atoms with Gasteiger partial charge in [-0.15, -0.1) is 0 Å².